The highest BCUT2D eigenvalue weighted by Crippen LogP contribution is 2.31. The number of hydrogen-bond acceptors (Lipinski definition) is 3. The van der Waals surface area contributed by atoms with Gasteiger partial charge >= 0.3 is 5.97 Å². The quantitative estimate of drug-likeness (QED) is 0.205. The molecule has 35 heavy (non-hydrogen) atoms. The zero-order chi connectivity index (χ0) is 24.9. The maximum atomic E-state index is 14.7. The fourth-order valence-corrected chi connectivity index (χ4v) is 3.61. The molecule has 6 heteroatoms. The second-order valence-electron chi connectivity index (χ2n) is 8.02. The summed E-state index contributed by atoms with van der Waals surface area (Å²) >= 11 is 0. The summed E-state index contributed by atoms with van der Waals surface area (Å²) in [6, 6.07) is 20.4. The van der Waals surface area contributed by atoms with Crippen LogP contribution in [0.2, 0.25) is 0 Å². The van der Waals surface area contributed by atoms with Gasteiger partial charge in [-0.2, -0.15) is 4.39 Å². The molecular formula is C29H23F3O3. The third-order valence-corrected chi connectivity index (χ3v) is 5.55. The van der Waals surface area contributed by atoms with Gasteiger partial charge in [0, 0.05) is 17.7 Å². The number of hydrogen-bond donors (Lipinski definition) is 0. The molecule has 0 unspecified atom stereocenters. The molecule has 0 heterocycles. The molecule has 0 fully saturated rings. The van der Waals surface area contributed by atoms with Crippen molar-refractivity contribution in [1.29, 1.82) is 0 Å². The number of carbonyl (C=O) groups excluding carboxylic acids is 1. The van der Waals surface area contributed by atoms with E-state index in [0.717, 1.165) is 11.1 Å². The van der Waals surface area contributed by atoms with E-state index >= 15 is 0 Å². The van der Waals surface area contributed by atoms with Crippen molar-refractivity contribution in [2.75, 3.05) is 6.61 Å². The van der Waals surface area contributed by atoms with Gasteiger partial charge in [0.15, 0.2) is 11.6 Å². The van der Waals surface area contributed by atoms with E-state index < -0.39 is 29.2 Å². The van der Waals surface area contributed by atoms with Crippen molar-refractivity contribution in [1.82, 2.24) is 0 Å². The van der Waals surface area contributed by atoms with E-state index in [4.69, 9.17) is 9.47 Å². The van der Waals surface area contributed by atoms with E-state index in [9.17, 15) is 18.0 Å². The van der Waals surface area contributed by atoms with Gasteiger partial charge in [0.1, 0.15) is 5.82 Å². The van der Waals surface area contributed by atoms with Crippen LogP contribution in [0, 0.1) is 24.4 Å². The van der Waals surface area contributed by atoms with Gasteiger partial charge in [0.2, 0.25) is 5.82 Å². The van der Waals surface area contributed by atoms with E-state index in [1.807, 2.05) is 13.8 Å². The molecule has 0 N–H and O–H groups in total. The molecule has 0 aliphatic carbocycles. The van der Waals surface area contributed by atoms with Gasteiger partial charge in [-0.3, -0.25) is 0 Å². The summed E-state index contributed by atoms with van der Waals surface area (Å²) in [6.07, 6.45) is 0. The number of carbonyl (C=O) groups is 1. The molecule has 0 bridgehead atoms. The SMILES string of the molecule is CCOCc1ccc(-c2ccc(C(=O)Oc3ccc(-c4ccc(C)cc4)c(F)c3F)cc2)c(F)c1. The van der Waals surface area contributed by atoms with Crippen LogP contribution in [0.3, 0.4) is 0 Å². The van der Waals surface area contributed by atoms with Gasteiger partial charge in [-0.05, 0) is 60.9 Å². The molecule has 0 amide bonds. The largest absolute Gasteiger partial charge is 0.420 e. The summed E-state index contributed by atoms with van der Waals surface area (Å²) in [5.41, 5.74) is 3.33. The Morgan fingerprint density at radius 2 is 1.40 bits per heavy atom. The highest BCUT2D eigenvalue weighted by atomic mass is 19.2. The van der Waals surface area contributed by atoms with Gasteiger partial charge in [-0.1, -0.05) is 54.1 Å². The molecule has 0 spiro atoms. The molecule has 178 valence electrons. The van der Waals surface area contributed by atoms with E-state index in [-0.39, 0.29) is 11.1 Å². The van der Waals surface area contributed by atoms with Crippen molar-refractivity contribution in [3.8, 4) is 28.0 Å². The van der Waals surface area contributed by atoms with Gasteiger partial charge in [0.05, 0.1) is 12.2 Å². The lowest BCUT2D eigenvalue weighted by molar-refractivity contribution is 0.0726. The Labute approximate surface area is 201 Å². The lowest BCUT2D eigenvalue weighted by atomic mass is 10.0. The minimum atomic E-state index is -1.25. The second kappa shape index (κ2) is 10.6. The van der Waals surface area contributed by atoms with Crippen LogP contribution in [0.1, 0.15) is 28.4 Å². The predicted molar refractivity (Wildman–Crippen MR) is 129 cm³/mol. The molecule has 0 saturated carbocycles. The number of rotatable bonds is 7. The highest BCUT2D eigenvalue weighted by Gasteiger charge is 2.19. The van der Waals surface area contributed by atoms with Crippen LogP contribution >= 0.6 is 0 Å². The topological polar surface area (TPSA) is 35.5 Å². The van der Waals surface area contributed by atoms with Crippen molar-refractivity contribution < 1.29 is 27.4 Å². The molecule has 3 nitrogen and oxygen atoms in total. The van der Waals surface area contributed by atoms with Crippen LogP contribution in [0.5, 0.6) is 5.75 Å². The Hall–Kier alpha value is -3.90. The van der Waals surface area contributed by atoms with Crippen molar-refractivity contribution in [3.63, 3.8) is 0 Å². The van der Waals surface area contributed by atoms with Crippen molar-refractivity contribution in [2.24, 2.45) is 0 Å². The van der Waals surface area contributed by atoms with E-state index in [2.05, 4.69) is 0 Å². The zero-order valence-electron chi connectivity index (χ0n) is 19.3. The average Bonchev–Trinajstić information content (AvgIpc) is 2.86. The second-order valence-corrected chi connectivity index (χ2v) is 8.02. The Balaban J connectivity index is 1.50. The Bertz CT molecular complexity index is 1350. The number of benzene rings is 4. The summed E-state index contributed by atoms with van der Waals surface area (Å²) in [6.45, 7) is 4.62. The van der Waals surface area contributed by atoms with Gasteiger partial charge in [0.25, 0.3) is 0 Å². The lowest BCUT2D eigenvalue weighted by Gasteiger charge is -2.10. The lowest BCUT2D eigenvalue weighted by Crippen LogP contribution is -2.10. The number of ether oxygens (including phenoxy) is 2. The molecule has 0 aromatic heterocycles. The maximum Gasteiger partial charge on any atom is 0.343 e. The van der Waals surface area contributed by atoms with Crippen molar-refractivity contribution in [2.45, 2.75) is 20.5 Å². The first-order valence-electron chi connectivity index (χ1n) is 11.1. The molecule has 4 aromatic carbocycles. The molecule has 0 saturated heterocycles. The molecule has 0 atom stereocenters. The summed E-state index contributed by atoms with van der Waals surface area (Å²) in [5, 5.41) is 0. The van der Waals surface area contributed by atoms with Crippen LogP contribution in [0.15, 0.2) is 78.9 Å². The third-order valence-electron chi connectivity index (χ3n) is 5.55. The summed E-state index contributed by atoms with van der Waals surface area (Å²) in [7, 11) is 0. The van der Waals surface area contributed by atoms with Crippen LogP contribution in [0.4, 0.5) is 13.2 Å². The first kappa shape index (κ1) is 24.2. The van der Waals surface area contributed by atoms with Crippen molar-refractivity contribution in [3.05, 3.63) is 113 Å². The van der Waals surface area contributed by atoms with E-state index in [0.29, 0.717) is 29.9 Å². The highest BCUT2D eigenvalue weighted by molar-refractivity contribution is 5.91. The molecular weight excluding hydrogens is 453 g/mol. The molecule has 4 aromatic rings. The average molecular weight is 476 g/mol. The molecule has 4 rings (SSSR count). The normalized spacial score (nSPS) is 10.9. The smallest absolute Gasteiger partial charge is 0.343 e. The summed E-state index contributed by atoms with van der Waals surface area (Å²) < 4.78 is 54.2. The Morgan fingerprint density at radius 3 is 2.06 bits per heavy atom. The summed E-state index contributed by atoms with van der Waals surface area (Å²) in [5.74, 6) is -4.13. The van der Waals surface area contributed by atoms with Gasteiger partial charge in [-0.15, -0.1) is 0 Å². The van der Waals surface area contributed by atoms with Gasteiger partial charge < -0.3 is 9.47 Å². The Morgan fingerprint density at radius 1 is 0.771 bits per heavy atom. The monoisotopic (exact) mass is 476 g/mol. The number of aryl methyl sites for hydroxylation is 1. The van der Waals surface area contributed by atoms with E-state index in [1.54, 1.807) is 48.5 Å². The van der Waals surface area contributed by atoms with Gasteiger partial charge in [-0.25, -0.2) is 13.6 Å². The van der Waals surface area contributed by atoms with Crippen LogP contribution < -0.4 is 4.74 Å². The van der Waals surface area contributed by atoms with E-state index in [1.165, 1.54) is 30.3 Å². The third kappa shape index (κ3) is 5.44. The maximum absolute atomic E-state index is 14.7. The van der Waals surface area contributed by atoms with Crippen LogP contribution in [-0.2, 0) is 11.3 Å². The first-order valence-corrected chi connectivity index (χ1v) is 11.1. The first-order chi connectivity index (χ1) is 16.9. The van der Waals surface area contributed by atoms with Crippen LogP contribution in [-0.4, -0.2) is 12.6 Å². The minimum absolute atomic E-state index is 0.0703. The number of esters is 1. The van der Waals surface area contributed by atoms with Crippen molar-refractivity contribution >= 4 is 5.97 Å². The molecule has 0 radical (unpaired) electrons. The van der Waals surface area contributed by atoms with Crippen LogP contribution in [0.25, 0.3) is 22.3 Å². The predicted octanol–water partition coefficient (Wildman–Crippen LogP) is 7.50. The molecule has 0 aliphatic rings. The minimum Gasteiger partial charge on any atom is -0.420 e. The zero-order valence-corrected chi connectivity index (χ0v) is 19.3. The standard InChI is InChI=1S/C29H23F3O3/c1-3-34-17-19-6-13-23(25(30)16-19)20-9-11-22(12-10-20)29(33)35-26-15-14-24(27(31)28(26)32)21-7-4-18(2)5-8-21/h4-16H,3,17H2,1-2H3. The molecule has 0 aliphatic heterocycles. The number of halogens is 3. The fourth-order valence-electron chi connectivity index (χ4n) is 3.61. The fraction of sp³-hybridized carbons (Fsp3) is 0.138. The Kier molecular flexibility index (Phi) is 7.32. The summed E-state index contributed by atoms with van der Waals surface area (Å²) in [4.78, 5) is 12.5.